The van der Waals surface area contributed by atoms with E-state index in [4.69, 9.17) is 0 Å². The van der Waals surface area contributed by atoms with E-state index in [0.29, 0.717) is 24.0 Å². The number of amides is 1. The Balaban J connectivity index is 1.44. The first-order valence-corrected chi connectivity index (χ1v) is 12.6. The van der Waals surface area contributed by atoms with E-state index < -0.39 is 17.7 Å². The molecule has 38 heavy (non-hydrogen) atoms. The van der Waals surface area contributed by atoms with Gasteiger partial charge in [-0.05, 0) is 42.3 Å². The Kier molecular flexibility index (Phi) is 7.10. The molecule has 0 fully saturated rings. The third kappa shape index (κ3) is 5.67. The van der Waals surface area contributed by atoms with E-state index in [1.54, 1.807) is 0 Å². The van der Waals surface area contributed by atoms with Crippen molar-refractivity contribution in [3.05, 3.63) is 94.8 Å². The minimum atomic E-state index is -4.84. The summed E-state index contributed by atoms with van der Waals surface area (Å²) in [5, 5.41) is 3.84. The summed E-state index contributed by atoms with van der Waals surface area (Å²) < 4.78 is 43.0. The number of alkyl halides is 3. The van der Waals surface area contributed by atoms with Crippen LogP contribution in [-0.2, 0) is 11.2 Å². The van der Waals surface area contributed by atoms with Crippen molar-refractivity contribution >= 4 is 39.6 Å². The molecule has 0 aliphatic rings. The van der Waals surface area contributed by atoms with Gasteiger partial charge in [0.15, 0.2) is 5.16 Å². The number of H-pyrrole nitrogens is 1. The molecule has 0 atom stereocenters. The quantitative estimate of drug-likeness (QED) is 0.209. The smallest absolute Gasteiger partial charge is 0.406 e. The third-order valence-electron chi connectivity index (χ3n) is 5.73. The molecule has 0 radical (unpaired) electrons. The molecule has 0 saturated carbocycles. The van der Waals surface area contributed by atoms with Crippen LogP contribution >= 0.6 is 11.8 Å². The molecule has 2 heterocycles. The van der Waals surface area contributed by atoms with Crippen molar-refractivity contribution in [1.82, 2.24) is 19.9 Å². The van der Waals surface area contributed by atoms with Gasteiger partial charge in [0.05, 0.1) is 11.4 Å². The Labute approximate surface area is 218 Å². The maximum absolute atomic E-state index is 13.6. The molecule has 3 aromatic carbocycles. The molecule has 5 rings (SSSR count). The molecule has 0 bridgehead atoms. The number of fused-ring (bicyclic) bond motifs is 3. The number of halogens is 3. The Bertz CT molecular complexity index is 1650. The summed E-state index contributed by atoms with van der Waals surface area (Å²) in [6.07, 6.45) is -4.16. The van der Waals surface area contributed by atoms with Gasteiger partial charge in [-0.25, -0.2) is 4.98 Å². The fraction of sp³-hybridized carbons (Fsp3) is 0.148. The lowest BCUT2D eigenvalue weighted by molar-refractivity contribution is -0.274. The van der Waals surface area contributed by atoms with Gasteiger partial charge in [-0.15, -0.1) is 13.2 Å². The van der Waals surface area contributed by atoms with Crippen LogP contribution in [-0.4, -0.2) is 39.1 Å². The highest BCUT2D eigenvalue weighted by Gasteiger charge is 2.31. The second-order valence-electron chi connectivity index (χ2n) is 8.35. The van der Waals surface area contributed by atoms with Crippen molar-refractivity contribution < 1.29 is 22.7 Å². The number of rotatable bonds is 8. The van der Waals surface area contributed by atoms with Crippen LogP contribution in [0.15, 0.2) is 88.8 Å². The van der Waals surface area contributed by atoms with Gasteiger partial charge in [0.2, 0.25) is 5.91 Å². The van der Waals surface area contributed by atoms with Crippen LogP contribution in [0.25, 0.3) is 27.6 Å². The molecule has 0 spiro atoms. The number of ether oxygens (including phenoxy) is 1. The molecule has 2 aromatic heterocycles. The molecule has 7 nitrogen and oxygen atoms in total. The topological polar surface area (TPSA) is 89.0 Å². The average molecular weight is 539 g/mol. The van der Waals surface area contributed by atoms with E-state index in [1.807, 2.05) is 54.6 Å². The fourth-order valence-electron chi connectivity index (χ4n) is 4.04. The molecule has 194 valence electrons. The Morgan fingerprint density at radius 1 is 1.00 bits per heavy atom. The van der Waals surface area contributed by atoms with Gasteiger partial charge >= 0.3 is 6.36 Å². The Hall–Kier alpha value is -4.25. The van der Waals surface area contributed by atoms with Crippen molar-refractivity contribution in [1.29, 1.82) is 0 Å². The number of hydrogen-bond donors (Lipinski definition) is 2. The first kappa shape index (κ1) is 25.4. The molecule has 2 N–H and O–H groups in total. The highest BCUT2D eigenvalue weighted by Crippen LogP contribution is 2.28. The molecule has 5 aromatic rings. The van der Waals surface area contributed by atoms with Crippen LogP contribution in [0.5, 0.6) is 5.75 Å². The van der Waals surface area contributed by atoms with E-state index in [1.165, 1.54) is 16.7 Å². The van der Waals surface area contributed by atoms with Crippen molar-refractivity contribution in [3.8, 4) is 11.4 Å². The fourth-order valence-corrected chi connectivity index (χ4v) is 4.87. The number of thioether (sulfide) groups is 1. The lowest BCUT2D eigenvalue weighted by atomic mass is 10.1. The molecule has 0 unspecified atom stereocenters. The molecular formula is C27H21F3N4O3S. The summed E-state index contributed by atoms with van der Waals surface area (Å²) in [4.78, 5) is 33.9. The third-order valence-corrected chi connectivity index (χ3v) is 6.67. The van der Waals surface area contributed by atoms with Gasteiger partial charge in [0.25, 0.3) is 5.56 Å². The standard InChI is InChI=1S/C27H21F3N4O3S/c28-27(29,30)37-19-12-10-18(11-13-19)34-25(36)24-23(20-8-4-5-9-21(20)32-24)33-26(34)38-16-22(35)31-15-14-17-6-2-1-3-7-17/h1-13,32H,14-16H2,(H,31,35). The van der Waals surface area contributed by atoms with Crippen molar-refractivity contribution in [2.24, 2.45) is 0 Å². The number of nitrogens with zero attached hydrogens (tertiary/aromatic N) is 2. The van der Waals surface area contributed by atoms with Crippen LogP contribution in [0.1, 0.15) is 5.56 Å². The Morgan fingerprint density at radius 3 is 2.45 bits per heavy atom. The molecule has 11 heteroatoms. The number of carbonyl (C=O) groups excluding carboxylic acids is 1. The zero-order valence-corrected chi connectivity index (χ0v) is 20.6. The van der Waals surface area contributed by atoms with Gasteiger partial charge in [-0.1, -0.05) is 60.3 Å². The maximum Gasteiger partial charge on any atom is 0.573 e. The van der Waals surface area contributed by atoms with Gasteiger partial charge in [-0.2, -0.15) is 0 Å². The van der Waals surface area contributed by atoms with Crippen LogP contribution in [0.2, 0.25) is 0 Å². The maximum atomic E-state index is 13.6. The lowest BCUT2D eigenvalue weighted by Gasteiger charge is -2.13. The number of hydrogen-bond acceptors (Lipinski definition) is 5. The number of carbonyl (C=O) groups is 1. The molecule has 0 aliphatic carbocycles. The summed E-state index contributed by atoms with van der Waals surface area (Å²) in [7, 11) is 0. The lowest BCUT2D eigenvalue weighted by Crippen LogP contribution is -2.28. The molecule has 0 aliphatic heterocycles. The van der Waals surface area contributed by atoms with Crippen molar-refractivity contribution in [2.75, 3.05) is 12.3 Å². The zero-order chi connectivity index (χ0) is 26.7. The normalized spacial score (nSPS) is 11.7. The summed E-state index contributed by atoms with van der Waals surface area (Å²) >= 11 is 1.07. The molecular weight excluding hydrogens is 517 g/mol. The van der Waals surface area contributed by atoms with E-state index in [0.717, 1.165) is 34.8 Å². The number of para-hydroxylation sites is 1. The highest BCUT2D eigenvalue weighted by atomic mass is 32.2. The van der Waals surface area contributed by atoms with Crippen LogP contribution in [0.3, 0.4) is 0 Å². The van der Waals surface area contributed by atoms with Crippen LogP contribution in [0.4, 0.5) is 13.2 Å². The van der Waals surface area contributed by atoms with E-state index in [-0.39, 0.29) is 28.0 Å². The van der Waals surface area contributed by atoms with Gasteiger partial charge in [-0.3, -0.25) is 14.2 Å². The monoisotopic (exact) mass is 538 g/mol. The average Bonchev–Trinajstić information content (AvgIpc) is 3.27. The summed E-state index contributed by atoms with van der Waals surface area (Å²) in [6, 6.07) is 22.0. The minimum absolute atomic E-state index is 0.00956. The predicted molar refractivity (Wildman–Crippen MR) is 140 cm³/mol. The minimum Gasteiger partial charge on any atom is -0.406 e. The zero-order valence-electron chi connectivity index (χ0n) is 19.8. The highest BCUT2D eigenvalue weighted by molar-refractivity contribution is 7.99. The van der Waals surface area contributed by atoms with E-state index in [2.05, 4.69) is 20.0 Å². The molecule has 0 saturated heterocycles. The summed E-state index contributed by atoms with van der Waals surface area (Å²) in [6.45, 7) is 0.450. The first-order chi connectivity index (χ1) is 18.3. The number of aromatic amines is 1. The Morgan fingerprint density at radius 2 is 1.71 bits per heavy atom. The molecule has 1 amide bonds. The van der Waals surface area contributed by atoms with Gasteiger partial charge < -0.3 is 15.0 Å². The van der Waals surface area contributed by atoms with E-state index >= 15 is 0 Å². The second-order valence-corrected chi connectivity index (χ2v) is 9.29. The predicted octanol–water partition coefficient (Wildman–Crippen LogP) is 5.22. The second kappa shape index (κ2) is 10.6. The first-order valence-electron chi connectivity index (χ1n) is 11.6. The number of nitrogens with one attached hydrogen (secondary N) is 2. The van der Waals surface area contributed by atoms with Crippen LogP contribution in [0, 0.1) is 0 Å². The number of aromatic nitrogens is 3. The van der Waals surface area contributed by atoms with Crippen molar-refractivity contribution in [2.45, 2.75) is 17.9 Å². The van der Waals surface area contributed by atoms with Gasteiger partial charge in [0.1, 0.15) is 16.8 Å². The summed E-state index contributed by atoms with van der Waals surface area (Å²) in [5.41, 5.74) is 2.35. The summed E-state index contributed by atoms with van der Waals surface area (Å²) in [5.74, 6) is -0.662. The van der Waals surface area contributed by atoms with Crippen LogP contribution < -0.4 is 15.6 Å². The van der Waals surface area contributed by atoms with Gasteiger partial charge in [0, 0.05) is 17.4 Å². The van der Waals surface area contributed by atoms with Crippen molar-refractivity contribution in [3.63, 3.8) is 0 Å². The largest absolute Gasteiger partial charge is 0.573 e. The SMILES string of the molecule is O=C(CSc1nc2c([nH]c3ccccc32)c(=O)n1-c1ccc(OC(F)(F)F)cc1)NCCc1ccccc1. The van der Waals surface area contributed by atoms with E-state index in [9.17, 15) is 22.8 Å². The number of benzene rings is 3.